The van der Waals surface area contributed by atoms with Crippen LogP contribution in [0.3, 0.4) is 0 Å². The van der Waals surface area contributed by atoms with E-state index in [4.69, 9.17) is 5.26 Å². The van der Waals surface area contributed by atoms with Crippen molar-refractivity contribution in [2.24, 2.45) is 0 Å². The zero-order valence-corrected chi connectivity index (χ0v) is 12.5. The summed E-state index contributed by atoms with van der Waals surface area (Å²) in [5.41, 5.74) is 4.33. The molecule has 0 unspecified atom stereocenters. The molecule has 0 spiro atoms. The predicted molar refractivity (Wildman–Crippen MR) is 86.6 cm³/mol. The van der Waals surface area contributed by atoms with Crippen LogP contribution >= 0.6 is 0 Å². The highest BCUT2D eigenvalue weighted by atomic mass is 16.3. The van der Waals surface area contributed by atoms with E-state index in [-0.39, 0.29) is 0 Å². The van der Waals surface area contributed by atoms with E-state index in [0.29, 0.717) is 17.4 Å². The second-order valence-electron chi connectivity index (χ2n) is 5.80. The lowest BCUT2D eigenvalue weighted by Crippen LogP contribution is -2.20. The third-order valence-electron chi connectivity index (χ3n) is 4.36. The van der Waals surface area contributed by atoms with Gasteiger partial charge in [-0.2, -0.15) is 5.26 Å². The van der Waals surface area contributed by atoms with Crippen molar-refractivity contribution in [3.63, 3.8) is 0 Å². The van der Waals surface area contributed by atoms with Gasteiger partial charge >= 0.3 is 0 Å². The number of rotatable bonds is 5. The summed E-state index contributed by atoms with van der Waals surface area (Å²) in [5.74, 6) is 0.430. The largest absolute Gasteiger partial charge is 0.508 e. The number of hydrogen-bond acceptors (Lipinski definition) is 3. The summed E-state index contributed by atoms with van der Waals surface area (Å²) in [6.45, 7) is 0.958. The van der Waals surface area contributed by atoms with Gasteiger partial charge in [-0.15, -0.1) is 0 Å². The average Bonchev–Trinajstić information content (AvgIpc) is 2.97. The molecule has 112 valence electrons. The average molecular weight is 292 g/mol. The van der Waals surface area contributed by atoms with Crippen LogP contribution in [0.4, 0.5) is 0 Å². The maximum Gasteiger partial charge on any atom is 0.119 e. The van der Waals surface area contributed by atoms with Crippen LogP contribution in [0.5, 0.6) is 5.75 Å². The Kier molecular flexibility index (Phi) is 4.41. The lowest BCUT2D eigenvalue weighted by molar-refractivity contribution is 0.469. The summed E-state index contributed by atoms with van der Waals surface area (Å²) in [7, 11) is 0. The minimum Gasteiger partial charge on any atom is -0.508 e. The number of aromatic hydroxyl groups is 1. The van der Waals surface area contributed by atoms with Crippen LogP contribution in [0.1, 0.15) is 41.1 Å². The number of hydrogen-bond donors (Lipinski definition) is 2. The van der Waals surface area contributed by atoms with Crippen molar-refractivity contribution >= 4 is 0 Å². The minimum absolute atomic E-state index is 0.364. The van der Waals surface area contributed by atoms with Crippen LogP contribution in [0.25, 0.3) is 0 Å². The summed E-state index contributed by atoms with van der Waals surface area (Å²) < 4.78 is 0. The van der Waals surface area contributed by atoms with E-state index in [1.54, 1.807) is 6.07 Å². The molecule has 1 atom stereocenters. The van der Waals surface area contributed by atoms with Crippen molar-refractivity contribution in [1.82, 2.24) is 5.32 Å². The summed E-state index contributed by atoms with van der Waals surface area (Å²) in [5, 5.41) is 22.2. The maximum atomic E-state index is 9.86. The molecule has 3 nitrogen and oxygen atoms in total. The third kappa shape index (κ3) is 3.13. The molecule has 1 aliphatic rings. The molecule has 0 fully saturated rings. The maximum absolute atomic E-state index is 9.86. The lowest BCUT2D eigenvalue weighted by Gasteiger charge is -2.14. The summed E-state index contributed by atoms with van der Waals surface area (Å²) >= 11 is 0. The van der Waals surface area contributed by atoms with E-state index in [1.165, 1.54) is 11.1 Å². The Morgan fingerprint density at radius 2 is 2.00 bits per heavy atom. The lowest BCUT2D eigenvalue weighted by atomic mass is 10.1. The molecule has 0 aromatic heterocycles. The van der Waals surface area contributed by atoms with Gasteiger partial charge in [0.15, 0.2) is 0 Å². The van der Waals surface area contributed by atoms with E-state index in [9.17, 15) is 5.11 Å². The first-order valence-corrected chi connectivity index (χ1v) is 7.81. The highest BCUT2D eigenvalue weighted by Gasteiger charge is 2.23. The molecule has 0 saturated carbocycles. The quantitative estimate of drug-likeness (QED) is 0.830. The van der Waals surface area contributed by atoms with Crippen LogP contribution in [-0.2, 0) is 12.8 Å². The van der Waals surface area contributed by atoms with Gasteiger partial charge < -0.3 is 10.4 Å². The van der Waals surface area contributed by atoms with Crippen molar-refractivity contribution in [2.75, 3.05) is 6.54 Å². The van der Waals surface area contributed by atoms with Crippen LogP contribution in [0, 0.1) is 11.3 Å². The summed E-state index contributed by atoms with van der Waals surface area (Å²) in [4.78, 5) is 0. The van der Waals surface area contributed by atoms with Crippen molar-refractivity contribution in [2.45, 2.75) is 31.7 Å². The second-order valence-corrected chi connectivity index (χ2v) is 5.80. The summed E-state index contributed by atoms with van der Waals surface area (Å²) in [6.07, 6.45) is 4.09. The monoisotopic (exact) mass is 292 g/mol. The highest BCUT2D eigenvalue weighted by molar-refractivity contribution is 5.44. The molecule has 0 aliphatic heterocycles. The predicted octanol–water partition coefficient (Wildman–Crippen LogP) is 3.47. The Balaban J connectivity index is 1.48. The van der Waals surface area contributed by atoms with Gasteiger partial charge in [0.2, 0.25) is 0 Å². The molecule has 0 amide bonds. The smallest absolute Gasteiger partial charge is 0.119 e. The molecule has 1 aliphatic carbocycles. The standard InChI is InChI=1S/C19H20N2O/c20-13-15-8-6-14(7-9-15)3-2-12-21-18-11-10-17-16(18)4-1-5-19(17)22/h1,4-9,18,21-22H,2-3,10-12H2/t18-/m0/s1. The van der Waals surface area contributed by atoms with Crippen molar-refractivity contribution in [3.05, 3.63) is 64.7 Å². The van der Waals surface area contributed by atoms with Gasteiger partial charge in [-0.3, -0.25) is 0 Å². The van der Waals surface area contributed by atoms with Gasteiger partial charge in [0.05, 0.1) is 11.6 Å². The van der Waals surface area contributed by atoms with E-state index >= 15 is 0 Å². The Labute approximate surface area is 131 Å². The Morgan fingerprint density at radius 1 is 1.18 bits per heavy atom. The number of benzene rings is 2. The van der Waals surface area contributed by atoms with Gasteiger partial charge in [0.1, 0.15) is 5.75 Å². The Bertz CT molecular complexity index is 686. The SMILES string of the molecule is N#Cc1ccc(CCCN[C@H]2CCc3c(O)cccc32)cc1. The first kappa shape index (κ1) is 14.6. The van der Waals surface area contributed by atoms with Crippen molar-refractivity contribution in [3.8, 4) is 11.8 Å². The molecule has 0 saturated heterocycles. The second kappa shape index (κ2) is 6.64. The molecule has 0 bridgehead atoms. The normalized spacial score (nSPS) is 16.2. The zero-order valence-electron chi connectivity index (χ0n) is 12.5. The molecule has 0 heterocycles. The number of nitrogens with zero attached hydrogens (tertiary/aromatic N) is 1. The molecule has 2 aromatic rings. The molecule has 0 radical (unpaired) electrons. The van der Waals surface area contributed by atoms with E-state index in [1.807, 2.05) is 30.3 Å². The minimum atomic E-state index is 0.364. The molecule has 3 rings (SSSR count). The van der Waals surface area contributed by atoms with Crippen LogP contribution < -0.4 is 5.32 Å². The summed E-state index contributed by atoms with van der Waals surface area (Å²) in [6, 6.07) is 16.1. The van der Waals surface area contributed by atoms with Gasteiger partial charge in [0.25, 0.3) is 0 Å². The molecular weight excluding hydrogens is 272 g/mol. The zero-order chi connectivity index (χ0) is 15.4. The number of phenolic OH excluding ortho intramolecular Hbond substituents is 1. The topological polar surface area (TPSA) is 56.0 Å². The first-order chi connectivity index (χ1) is 10.8. The van der Waals surface area contributed by atoms with Gasteiger partial charge in [-0.25, -0.2) is 0 Å². The van der Waals surface area contributed by atoms with Crippen molar-refractivity contribution < 1.29 is 5.11 Å². The molecule has 2 N–H and O–H groups in total. The number of fused-ring (bicyclic) bond motifs is 1. The number of phenols is 1. The van der Waals surface area contributed by atoms with E-state index in [2.05, 4.69) is 17.5 Å². The third-order valence-corrected chi connectivity index (χ3v) is 4.36. The fourth-order valence-corrected chi connectivity index (χ4v) is 3.16. The van der Waals surface area contributed by atoms with E-state index < -0.39 is 0 Å². The number of nitrogens with one attached hydrogen (secondary N) is 1. The van der Waals surface area contributed by atoms with Gasteiger partial charge in [-0.05, 0) is 67.1 Å². The fourth-order valence-electron chi connectivity index (χ4n) is 3.16. The molecule has 3 heteroatoms. The molecular formula is C19H20N2O. The van der Waals surface area contributed by atoms with Gasteiger partial charge in [-0.1, -0.05) is 24.3 Å². The van der Waals surface area contributed by atoms with Crippen LogP contribution in [-0.4, -0.2) is 11.7 Å². The van der Waals surface area contributed by atoms with Crippen LogP contribution in [0.2, 0.25) is 0 Å². The van der Waals surface area contributed by atoms with E-state index in [0.717, 1.165) is 37.8 Å². The Morgan fingerprint density at radius 3 is 2.77 bits per heavy atom. The highest BCUT2D eigenvalue weighted by Crippen LogP contribution is 2.36. The van der Waals surface area contributed by atoms with Crippen LogP contribution in [0.15, 0.2) is 42.5 Å². The van der Waals surface area contributed by atoms with Gasteiger partial charge in [0, 0.05) is 6.04 Å². The first-order valence-electron chi connectivity index (χ1n) is 7.81. The number of nitriles is 1. The fraction of sp³-hybridized carbons (Fsp3) is 0.316. The number of aryl methyl sites for hydroxylation is 1. The molecule has 2 aromatic carbocycles. The molecule has 22 heavy (non-hydrogen) atoms. The van der Waals surface area contributed by atoms with Crippen molar-refractivity contribution in [1.29, 1.82) is 5.26 Å². The Hall–Kier alpha value is -2.31.